The number of aromatic nitrogens is 2. The topological polar surface area (TPSA) is 79.3 Å². The molecule has 0 saturated carbocycles. The molecule has 3 heterocycles. The van der Waals surface area contributed by atoms with Crippen LogP contribution in [0, 0.1) is 20.8 Å². The average Bonchev–Trinajstić information content (AvgIpc) is 3.35. The Balaban J connectivity index is 1.62. The lowest BCUT2D eigenvalue weighted by Gasteiger charge is -2.28. The summed E-state index contributed by atoms with van der Waals surface area (Å²) in [6, 6.07) is 23.6. The summed E-state index contributed by atoms with van der Waals surface area (Å²) in [5.41, 5.74) is 7.97. The summed E-state index contributed by atoms with van der Waals surface area (Å²) < 4.78 is 28.1. The van der Waals surface area contributed by atoms with Crippen LogP contribution in [0.5, 0.6) is 0 Å². The molecule has 2 aromatic carbocycles. The van der Waals surface area contributed by atoms with Crippen LogP contribution in [0.1, 0.15) is 40.3 Å². The number of rotatable bonds is 6. The van der Waals surface area contributed by atoms with E-state index in [9.17, 15) is 8.42 Å². The zero-order valence-electron chi connectivity index (χ0n) is 21.1. The van der Waals surface area contributed by atoms with Crippen molar-refractivity contribution in [3.05, 3.63) is 107 Å². The molecule has 0 unspecified atom stereocenters. The number of nitrogens with one attached hydrogen (secondary N) is 2. The fourth-order valence-electron chi connectivity index (χ4n) is 5.03. The zero-order valence-corrected chi connectivity index (χ0v) is 22.8. The number of aryl methyl sites for hydroxylation is 2. The number of sulfonamides is 1. The van der Waals surface area contributed by atoms with Crippen molar-refractivity contribution in [1.82, 2.24) is 14.9 Å². The summed E-state index contributed by atoms with van der Waals surface area (Å²) in [5.74, 6) is 0. The Labute approximate surface area is 223 Å². The van der Waals surface area contributed by atoms with Crippen LogP contribution in [-0.4, -0.2) is 29.3 Å². The third-order valence-corrected chi connectivity index (χ3v) is 7.55. The van der Waals surface area contributed by atoms with E-state index in [1.54, 1.807) is 18.3 Å². The second-order valence-corrected chi connectivity index (χ2v) is 11.6. The minimum atomic E-state index is -3.37. The molecule has 0 amide bonds. The molecule has 0 bridgehead atoms. The van der Waals surface area contributed by atoms with Crippen LogP contribution in [0.25, 0.3) is 5.69 Å². The van der Waals surface area contributed by atoms with Crippen LogP contribution in [0.15, 0.2) is 79.0 Å². The van der Waals surface area contributed by atoms with Gasteiger partial charge >= 0.3 is 0 Å². The van der Waals surface area contributed by atoms with Gasteiger partial charge in [0, 0.05) is 34.6 Å². The first-order chi connectivity index (χ1) is 17.6. The van der Waals surface area contributed by atoms with E-state index in [4.69, 9.17) is 12.2 Å². The van der Waals surface area contributed by atoms with Gasteiger partial charge in [-0.05, 0) is 93.1 Å². The summed E-state index contributed by atoms with van der Waals surface area (Å²) >= 11 is 5.86. The molecule has 1 aliphatic rings. The van der Waals surface area contributed by atoms with Gasteiger partial charge in [0.15, 0.2) is 5.11 Å². The monoisotopic (exact) mass is 531 g/mol. The largest absolute Gasteiger partial charge is 0.351 e. The lowest BCUT2D eigenvalue weighted by atomic mass is 9.96. The molecule has 4 aromatic rings. The van der Waals surface area contributed by atoms with Gasteiger partial charge in [0.1, 0.15) is 0 Å². The summed E-state index contributed by atoms with van der Waals surface area (Å²) in [6.07, 6.45) is 2.93. The van der Waals surface area contributed by atoms with Crippen molar-refractivity contribution in [2.75, 3.05) is 15.9 Å². The van der Waals surface area contributed by atoms with E-state index in [2.05, 4.69) is 75.6 Å². The molecular weight excluding hydrogens is 502 g/mol. The molecule has 9 heteroatoms. The summed E-state index contributed by atoms with van der Waals surface area (Å²) in [5, 5.41) is 4.09. The van der Waals surface area contributed by atoms with Gasteiger partial charge in [0.2, 0.25) is 10.0 Å². The second kappa shape index (κ2) is 9.64. The zero-order chi connectivity index (χ0) is 26.3. The molecule has 0 radical (unpaired) electrons. The highest BCUT2D eigenvalue weighted by Gasteiger charge is 2.42. The van der Waals surface area contributed by atoms with Crippen LogP contribution < -0.4 is 14.9 Å². The highest BCUT2D eigenvalue weighted by Crippen LogP contribution is 2.44. The second-order valence-electron chi connectivity index (χ2n) is 9.42. The maximum absolute atomic E-state index is 11.7. The van der Waals surface area contributed by atoms with Gasteiger partial charge in [-0.1, -0.05) is 23.8 Å². The standard InChI is InChI=1S/C28H29N5O2S2/c1-18-8-12-22(13-9-18)32-19(2)17-24(20(32)3)27-26(25-7-5-6-16-29-25)30-28(36)33(27)23-14-10-21(11-15-23)31-37(4,34)35/h5-17,26-27,31H,1-4H3,(H,30,36)/t26-,27-/m1/s1. The Hall–Kier alpha value is -3.69. The smallest absolute Gasteiger partial charge is 0.229 e. The molecule has 1 saturated heterocycles. The number of nitrogens with zero attached hydrogens (tertiary/aromatic N) is 3. The van der Waals surface area contributed by atoms with Crippen LogP contribution >= 0.6 is 12.2 Å². The van der Waals surface area contributed by atoms with E-state index in [-0.39, 0.29) is 12.1 Å². The van der Waals surface area contributed by atoms with Gasteiger partial charge in [-0.15, -0.1) is 0 Å². The predicted molar refractivity (Wildman–Crippen MR) is 153 cm³/mol. The SMILES string of the molecule is Cc1ccc(-n2c(C)cc([C@@H]3[C@@H](c4ccccn4)NC(=S)N3c3ccc(NS(C)(=O)=O)cc3)c2C)cc1. The van der Waals surface area contributed by atoms with Crippen molar-refractivity contribution in [2.24, 2.45) is 0 Å². The number of pyridine rings is 1. The van der Waals surface area contributed by atoms with E-state index >= 15 is 0 Å². The van der Waals surface area contributed by atoms with E-state index < -0.39 is 10.0 Å². The molecular formula is C28H29N5O2S2. The van der Waals surface area contributed by atoms with Crippen LogP contribution in [0.2, 0.25) is 0 Å². The fraction of sp³-hybridized carbons (Fsp3) is 0.214. The molecule has 0 spiro atoms. The number of thiocarbonyl (C=S) groups is 1. The van der Waals surface area contributed by atoms with Crippen molar-refractivity contribution < 1.29 is 8.42 Å². The van der Waals surface area contributed by atoms with Crippen LogP contribution in [0.3, 0.4) is 0 Å². The molecule has 5 rings (SSSR count). The van der Waals surface area contributed by atoms with Crippen molar-refractivity contribution in [2.45, 2.75) is 32.9 Å². The molecule has 2 atom stereocenters. The quantitative estimate of drug-likeness (QED) is 0.327. The third-order valence-electron chi connectivity index (χ3n) is 6.63. The highest BCUT2D eigenvalue weighted by molar-refractivity contribution is 7.92. The summed E-state index contributed by atoms with van der Waals surface area (Å²) in [6.45, 7) is 6.33. The van der Waals surface area contributed by atoms with Crippen LogP contribution in [-0.2, 0) is 10.0 Å². The van der Waals surface area contributed by atoms with Gasteiger partial charge in [0.25, 0.3) is 0 Å². The molecule has 37 heavy (non-hydrogen) atoms. The Kier molecular flexibility index (Phi) is 6.51. The number of benzene rings is 2. The molecule has 2 aromatic heterocycles. The van der Waals surface area contributed by atoms with E-state index in [0.717, 1.165) is 40.3 Å². The predicted octanol–water partition coefficient (Wildman–Crippen LogP) is 5.35. The first-order valence-corrected chi connectivity index (χ1v) is 14.3. The lowest BCUT2D eigenvalue weighted by Crippen LogP contribution is -2.29. The maximum atomic E-state index is 11.7. The fourth-order valence-corrected chi connectivity index (χ4v) is 5.94. The maximum Gasteiger partial charge on any atom is 0.229 e. The van der Waals surface area contributed by atoms with E-state index in [1.165, 1.54) is 5.56 Å². The van der Waals surface area contributed by atoms with Crippen LogP contribution in [0.4, 0.5) is 11.4 Å². The minimum absolute atomic E-state index is 0.165. The first kappa shape index (κ1) is 25.0. The molecule has 7 nitrogen and oxygen atoms in total. The van der Waals surface area contributed by atoms with Crippen molar-refractivity contribution in [3.8, 4) is 5.69 Å². The van der Waals surface area contributed by atoms with E-state index in [1.807, 2.05) is 30.3 Å². The third kappa shape index (κ3) is 4.97. The van der Waals surface area contributed by atoms with Crippen molar-refractivity contribution in [1.29, 1.82) is 0 Å². The number of hydrogen-bond donors (Lipinski definition) is 2. The first-order valence-electron chi connectivity index (χ1n) is 12.0. The molecule has 1 fully saturated rings. The van der Waals surface area contributed by atoms with Gasteiger partial charge in [0.05, 0.1) is 24.0 Å². The minimum Gasteiger partial charge on any atom is -0.351 e. The highest BCUT2D eigenvalue weighted by atomic mass is 32.2. The molecule has 190 valence electrons. The van der Waals surface area contributed by atoms with E-state index in [0.29, 0.717) is 10.8 Å². The Morgan fingerprint density at radius 1 is 0.946 bits per heavy atom. The number of hydrogen-bond acceptors (Lipinski definition) is 4. The van der Waals surface area contributed by atoms with Gasteiger partial charge in [-0.2, -0.15) is 0 Å². The van der Waals surface area contributed by atoms with Crippen molar-refractivity contribution in [3.63, 3.8) is 0 Å². The summed E-state index contributed by atoms with van der Waals surface area (Å²) in [7, 11) is -3.37. The normalized spacial score (nSPS) is 17.6. The Bertz CT molecular complexity index is 1550. The van der Waals surface area contributed by atoms with Gasteiger partial charge in [-0.3, -0.25) is 9.71 Å². The number of anilines is 2. The van der Waals surface area contributed by atoms with Gasteiger partial charge < -0.3 is 14.8 Å². The Morgan fingerprint density at radius 3 is 2.24 bits per heavy atom. The molecule has 0 aliphatic carbocycles. The summed E-state index contributed by atoms with van der Waals surface area (Å²) in [4.78, 5) is 6.75. The average molecular weight is 532 g/mol. The van der Waals surface area contributed by atoms with Gasteiger partial charge in [-0.25, -0.2) is 8.42 Å². The van der Waals surface area contributed by atoms with Crippen molar-refractivity contribution >= 4 is 38.7 Å². The molecule has 1 aliphatic heterocycles. The molecule has 2 N–H and O–H groups in total. The lowest BCUT2D eigenvalue weighted by molar-refractivity contribution is 0.565. The Morgan fingerprint density at radius 2 is 1.62 bits per heavy atom.